The van der Waals surface area contributed by atoms with E-state index in [0.29, 0.717) is 12.3 Å². The number of rotatable bonds is 2. The Labute approximate surface area is 110 Å². The zero-order valence-corrected chi connectivity index (χ0v) is 11.7. The van der Waals surface area contributed by atoms with E-state index in [-0.39, 0.29) is 36.6 Å². The van der Waals surface area contributed by atoms with E-state index in [0.717, 1.165) is 18.4 Å². The summed E-state index contributed by atoms with van der Waals surface area (Å²) >= 11 is 0. The number of fused-ring (bicyclic) bond motifs is 1. The molecule has 2 aliphatic rings. The van der Waals surface area contributed by atoms with Crippen molar-refractivity contribution in [2.24, 2.45) is 23.2 Å². The zero-order valence-electron chi connectivity index (χ0n) is 11.7. The van der Waals surface area contributed by atoms with Gasteiger partial charge in [-0.2, -0.15) is 0 Å². The molecular weight excluding hydrogens is 228 g/mol. The minimum absolute atomic E-state index is 0.0204. The highest BCUT2D eigenvalue weighted by Crippen LogP contribution is 2.52. The third-order valence-electron chi connectivity index (χ3n) is 4.95. The topological polar surface area (TPSA) is 60.7 Å². The van der Waals surface area contributed by atoms with Crippen molar-refractivity contribution in [3.8, 4) is 0 Å². The molecule has 104 valence electrons. The fourth-order valence-electron chi connectivity index (χ4n) is 3.89. The smallest absolute Gasteiger partial charge is 0.0648 e. The van der Waals surface area contributed by atoms with Gasteiger partial charge in [-0.25, -0.2) is 0 Å². The molecule has 0 bridgehead atoms. The van der Waals surface area contributed by atoms with Gasteiger partial charge in [0.1, 0.15) is 0 Å². The van der Waals surface area contributed by atoms with Crippen LogP contribution in [0, 0.1) is 23.2 Å². The molecule has 0 aromatic heterocycles. The van der Waals surface area contributed by atoms with E-state index < -0.39 is 0 Å². The van der Waals surface area contributed by atoms with Crippen molar-refractivity contribution in [3.63, 3.8) is 0 Å². The van der Waals surface area contributed by atoms with Crippen LogP contribution in [0.1, 0.15) is 40.0 Å². The van der Waals surface area contributed by atoms with Crippen LogP contribution in [0.3, 0.4) is 0 Å². The molecule has 3 N–H and O–H groups in total. The third-order valence-corrected chi connectivity index (χ3v) is 4.95. The molecule has 2 aliphatic carbocycles. The van der Waals surface area contributed by atoms with Gasteiger partial charge >= 0.3 is 0 Å². The van der Waals surface area contributed by atoms with Crippen molar-refractivity contribution < 1.29 is 15.3 Å². The Kier molecular flexibility index (Phi) is 3.86. The lowest BCUT2D eigenvalue weighted by molar-refractivity contribution is 0.0655. The van der Waals surface area contributed by atoms with Gasteiger partial charge in [-0.15, -0.1) is 0 Å². The van der Waals surface area contributed by atoms with Gasteiger partial charge in [0.05, 0.1) is 12.7 Å². The highest BCUT2D eigenvalue weighted by Gasteiger charge is 2.44. The number of hydrogen-bond acceptors (Lipinski definition) is 3. The highest BCUT2D eigenvalue weighted by atomic mass is 16.3. The first-order valence-electron chi connectivity index (χ1n) is 7.01. The first kappa shape index (κ1) is 14.0. The van der Waals surface area contributed by atoms with Crippen molar-refractivity contribution in [2.45, 2.75) is 46.1 Å². The molecule has 0 amide bonds. The van der Waals surface area contributed by atoms with Crippen LogP contribution in [0.15, 0.2) is 11.1 Å². The minimum atomic E-state index is -0.375. The molecule has 1 saturated carbocycles. The molecule has 18 heavy (non-hydrogen) atoms. The molecule has 0 saturated heterocycles. The summed E-state index contributed by atoms with van der Waals surface area (Å²) in [4.78, 5) is 0. The standard InChI is InChI=1S/C15H26O3/c1-9-11-5-15(2,3)6-12(11)13(8-17)10(7-16)4-14(9)18/h9-11,14,16-18H,4-8H2,1-3H3/t9-,10-,11+,14+/m1/s1. The van der Waals surface area contributed by atoms with Crippen molar-refractivity contribution in [1.82, 2.24) is 0 Å². The normalized spacial score (nSPS) is 39.7. The van der Waals surface area contributed by atoms with Crippen molar-refractivity contribution in [2.75, 3.05) is 13.2 Å². The van der Waals surface area contributed by atoms with Gasteiger partial charge in [0, 0.05) is 12.5 Å². The van der Waals surface area contributed by atoms with Crippen LogP contribution in [0.25, 0.3) is 0 Å². The monoisotopic (exact) mass is 254 g/mol. The Morgan fingerprint density at radius 1 is 1.28 bits per heavy atom. The van der Waals surface area contributed by atoms with E-state index in [1.54, 1.807) is 0 Å². The molecule has 2 rings (SSSR count). The van der Waals surface area contributed by atoms with Crippen LogP contribution < -0.4 is 0 Å². The van der Waals surface area contributed by atoms with E-state index in [9.17, 15) is 15.3 Å². The molecule has 3 nitrogen and oxygen atoms in total. The average molecular weight is 254 g/mol. The van der Waals surface area contributed by atoms with Gasteiger partial charge in [0.2, 0.25) is 0 Å². The Bertz CT molecular complexity index is 346. The van der Waals surface area contributed by atoms with Crippen molar-refractivity contribution >= 4 is 0 Å². The van der Waals surface area contributed by atoms with Crippen LogP contribution >= 0.6 is 0 Å². The molecule has 0 radical (unpaired) electrons. The highest BCUT2D eigenvalue weighted by molar-refractivity contribution is 5.28. The molecular formula is C15H26O3. The quantitative estimate of drug-likeness (QED) is 0.658. The number of aliphatic hydroxyl groups excluding tert-OH is 3. The molecule has 4 atom stereocenters. The first-order chi connectivity index (χ1) is 8.39. The van der Waals surface area contributed by atoms with Gasteiger partial charge < -0.3 is 15.3 Å². The fraction of sp³-hybridized carbons (Fsp3) is 0.867. The van der Waals surface area contributed by atoms with E-state index in [4.69, 9.17) is 0 Å². The molecule has 0 spiro atoms. The van der Waals surface area contributed by atoms with Crippen LogP contribution in [0.5, 0.6) is 0 Å². The average Bonchev–Trinajstić information content (AvgIpc) is 2.59. The summed E-state index contributed by atoms with van der Waals surface area (Å²) in [7, 11) is 0. The van der Waals surface area contributed by atoms with E-state index in [2.05, 4.69) is 20.8 Å². The molecule has 0 heterocycles. The van der Waals surface area contributed by atoms with E-state index in [1.165, 1.54) is 5.57 Å². The number of aliphatic hydroxyl groups is 3. The van der Waals surface area contributed by atoms with E-state index >= 15 is 0 Å². The lowest BCUT2D eigenvalue weighted by atomic mass is 9.83. The summed E-state index contributed by atoms with van der Waals surface area (Å²) in [6.45, 7) is 6.64. The largest absolute Gasteiger partial charge is 0.396 e. The Hall–Kier alpha value is -0.380. The van der Waals surface area contributed by atoms with Crippen LogP contribution in [0.4, 0.5) is 0 Å². The molecule has 0 aromatic rings. The molecule has 0 aliphatic heterocycles. The maximum atomic E-state index is 10.3. The summed E-state index contributed by atoms with van der Waals surface area (Å²) < 4.78 is 0. The van der Waals surface area contributed by atoms with Crippen LogP contribution in [0.2, 0.25) is 0 Å². The van der Waals surface area contributed by atoms with E-state index in [1.807, 2.05) is 0 Å². The fourth-order valence-corrected chi connectivity index (χ4v) is 3.89. The molecule has 0 aromatic carbocycles. The third kappa shape index (κ3) is 2.36. The molecule has 0 unspecified atom stereocenters. The second-order valence-corrected chi connectivity index (χ2v) is 6.90. The first-order valence-corrected chi connectivity index (χ1v) is 7.01. The van der Waals surface area contributed by atoms with Crippen LogP contribution in [-0.4, -0.2) is 34.6 Å². The predicted molar refractivity (Wildman–Crippen MR) is 71.0 cm³/mol. The van der Waals surface area contributed by atoms with Gasteiger partial charge in [-0.3, -0.25) is 0 Å². The van der Waals surface area contributed by atoms with Gasteiger partial charge in [0.15, 0.2) is 0 Å². The second kappa shape index (κ2) is 4.95. The summed E-state index contributed by atoms with van der Waals surface area (Å²) in [5, 5.41) is 29.4. The lowest BCUT2D eigenvalue weighted by Crippen LogP contribution is -2.26. The lowest BCUT2D eigenvalue weighted by Gasteiger charge is -2.25. The number of allylic oxidation sites excluding steroid dienone is 1. The van der Waals surface area contributed by atoms with Gasteiger partial charge in [0.25, 0.3) is 0 Å². The Balaban J connectivity index is 2.43. The maximum absolute atomic E-state index is 10.3. The van der Waals surface area contributed by atoms with Crippen LogP contribution in [-0.2, 0) is 0 Å². The van der Waals surface area contributed by atoms with Gasteiger partial charge in [-0.05, 0) is 42.1 Å². The SMILES string of the molecule is C[C@@H]1[C@@H]2CC(C)(C)CC2=C(CO)[C@@H](CO)C[C@@H]1O. The summed E-state index contributed by atoms with van der Waals surface area (Å²) in [5.41, 5.74) is 2.55. The Morgan fingerprint density at radius 3 is 2.50 bits per heavy atom. The summed E-state index contributed by atoms with van der Waals surface area (Å²) in [6.07, 6.45) is 2.26. The van der Waals surface area contributed by atoms with Gasteiger partial charge in [-0.1, -0.05) is 26.3 Å². The Morgan fingerprint density at radius 2 is 1.94 bits per heavy atom. The second-order valence-electron chi connectivity index (χ2n) is 6.90. The summed E-state index contributed by atoms with van der Waals surface area (Å²) in [5.74, 6) is 0.523. The minimum Gasteiger partial charge on any atom is -0.396 e. The maximum Gasteiger partial charge on any atom is 0.0648 e. The predicted octanol–water partition coefficient (Wildman–Crippen LogP) is 1.72. The molecule has 1 fully saturated rings. The number of hydrogen-bond donors (Lipinski definition) is 3. The summed E-state index contributed by atoms with van der Waals surface area (Å²) in [6, 6.07) is 0. The zero-order chi connectivity index (χ0) is 13.5. The molecule has 3 heteroatoms. The van der Waals surface area contributed by atoms with Crippen molar-refractivity contribution in [1.29, 1.82) is 0 Å². The van der Waals surface area contributed by atoms with Crippen molar-refractivity contribution in [3.05, 3.63) is 11.1 Å².